The quantitative estimate of drug-likeness (QED) is 0.489. The van der Waals surface area contributed by atoms with Gasteiger partial charge in [-0.15, -0.1) is 0 Å². The van der Waals surface area contributed by atoms with E-state index in [0.717, 1.165) is 6.04 Å². The molecule has 0 heterocycles. The molecule has 0 saturated heterocycles. The summed E-state index contributed by atoms with van der Waals surface area (Å²) in [6.07, 6.45) is 14.4. The van der Waals surface area contributed by atoms with Crippen molar-refractivity contribution >= 4 is 0 Å². The highest BCUT2D eigenvalue weighted by molar-refractivity contribution is 4.81. The van der Waals surface area contributed by atoms with Crippen molar-refractivity contribution in [1.82, 2.24) is 4.90 Å². The van der Waals surface area contributed by atoms with Crippen molar-refractivity contribution in [3.05, 3.63) is 0 Å². The van der Waals surface area contributed by atoms with E-state index in [1.54, 1.807) is 0 Å². The van der Waals surface area contributed by atoms with E-state index < -0.39 is 0 Å². The molecule has 1 heteroatoms. The fraction of sp³-hybridized carbons (Fsp3) is 1.00. The zero-order chi connectivity index (χ0) is 10.9. The van der Waals surface area contributed by atoms with Crippen molar-refractivity contribution in [3.8, 4) is 0 Å². The van der Waals surface area contributed by atoms with Crippen LogP contribution in [-0.2, 0) is 0 Å². The molecule has 0 aliphatic heterocycles. The lowest BCUT2D eigenvalue weighted by Crippen LogP contribution is -2.21. The van der Waals surface area contributed by atoms with Gasteiger partial charge in [0, 0.05) is 6.04 Å². The SMILES string of the molecule is CCCCCCCCCCN(C)C1CC1. The van der Waals surface area contributed by atoms with Gasteiger partial charge >= 0.3 is 0 Å². The number of unbranched alkanes of at least 4 members (excludes halogenated alkanes) is 7. The maximum atomic E-state index is 2.55. The van der Waals surface area contributed by atoms with E-state index in [-0.39, 0.29) is 0 Å². The first kappa shape index (κ1) is 13.0. The zero-order valence-electron chi connectivity index (χ0n) is 10.8. The molecule has 0 unspecified atom stereocenters. The predicted molar refractivity (Wildman–Crippen MR) is 68.3 cm³/mol. The molecule has 0 radical (unpaired) electrons. The fourth-order valence-corrected chi connectivity index (χ4v) is 2.19. The number of rotatable bonds is 10. The normalized spacial score (nSPS) is 16.2. The Labute approximate surface area is 96.2 Å². The zero-order valence-corrected chi connectivity index (χ0v) is 10.8. The summed E-state index contributed by atoms with van der Waals surface area (Å²) in [6.45, 7) is 3.62. The van der Waals surface area contributed by atoms with Gasteiger partial charge in [0.2, 0.25) is 0 Å². The molecule has 0 aromatic carbocycles. The number of hydrogen-bond acceptors (Lipinski definition) is 1. The van der Waals surface area contributed by atoms with Crippen LogP contribution in [0.15, 0.2) is 0 Å². The van der Waals surface area contributed by atoms with Gasteiger partial charge in [0.25, 0.3) is 0 Å². The number of hydrogen-bond donors (Lipinski definition) is 0. The molecule has 1 aliphatic rings. The Kier molecular flexibility index (Phi) is 7.08. The van der Waals surface area contributed by atoms with E-state index in [1.165, 1.54) is 70.8 Å². The van der Waals surface area contributed by atoms with Gasteiger partial charge in [-0.3, -0.25) is 0 Å². The van der Waals surface area contributed by atoms with Crippen LogP contribution in [0.4, 0.5) is 0 Å². The molecule has 0 aromatic heterocycles. The summed E-state index contributed by atoms with van der Waals surface area (Å²) in [4.78, 5) is 2.55. The first-order valence-corrected chi connectivity index (χ1v) is 7.05. The van der Waals surface area contributed by atoms with Crippen molar-refractivity contribution in [3.63, 3.8) is 0 Å². The molecule has 1 saturated carbocycles. The van der Waals surface area contributed by atoms with Crippen LogP contribution in [0, 0.1) is 0 Å². The van der Waals surface area contributed by atoms with E-state index >= 15 is 0 Å². The largest absolute Gasteiger partial charge is 0.303 e. The summed E-state index contributed by atoms with van der Waals surface area (Å²) in [6, 6.07) is 0.953. The lowest BCUT2D eigenvalue weighted by molar-refractivity contribution is 0.314. The second kappa shape index (κ2) is 8.15. The Morgan fingerprint density at radius 3 is 1.93 bits per heavy atom. The molecule has 0 aromatic rings. The minimum atomic E-state index is 0.953. The first-order chi connectivity index (χ1) is 7.34. The highest BCUT2D eigenvalue weighted by Gasteiger charge is 2.25. The molecule has 1 fully saturated rings. The summed E-state index contributed by atoms with van der Waals surface area (Å²) < 4.78 is 0. The van der Waals surface area contributed by atoms with Gasteiger partial charge in [-0.05, 0) is 32.9 Å². The predicted octanol–water partition coefficient (Wildman–Crippen LogP) is 4.22. The summed E-state index contributed by atoms with van der Waals surface area (Å²) >= 11 is 0. The van der Waals surface area contributed by atoms with E-state index in [1.807, 2.05) is 0 Å². The molecule has 0 N–H and O–H groups in total. The van der Waals surface area contributed by atoms with Crippen LogP contribution >= 0.6 is 0 Å². The Morgan fingerprint density at radius 1 is 0.867 bits per heavy atom. The molecule has 15 heavy (non-hydrogen) atoms. The van der Waals surface area contributed by atoms with Crippen molar-refractivity contribution in [2.24, 2.45) is 0 Å². The number of nitrogens with zero attached hydrogens (tertiary/aromatic N) is 1. The average Bonchev–Trinajstić information content (AvgIpc) is 3.05. The third-order valence-corrected chi connectivity index (χ3v) is 3.53. The topological polar surface area (TPSA) is 3.24 Å². The molecular formula is C14H29N. The second-order valence-electron chi connectivity index (χ2n) is 5.19. The molecular weight excluding hydrogens is 182 g/mol. The lowest BCUT2D eigenvalue weighted by atomic mass is 10.1. The molecule has 1 rings (SSSR count). The van der Waals surface area contributed by atoms with Crippen molar-refractivity contribution < 1.29 is 0 Å². The highest BCUT2D eigenvalue weighted by atomic mass is 15.1. The third kappa shape index (κ3) is 6.94. The maximum absolute atomic E-state index is 2.55. The Hall–Kier alpha value is -0.0400. The van der Waals surface area contributed by atoms with E-state index in [4.69, 9.17) is 0 Å². The van der Waals surface area contributed by atoms with Gasteiger partial charge in [0.15, 0.2) is 0 Å². The van der Waals surface area contributed by atoms with Crippen molar-refractivity contribution in [2.45, 2.75) is 77.2 Å². The molecule has 0 spiro atoms. The molecule has 90 valence electrons. The Balaban J connectivity index is 1.72. The van der Waals surface area contributed by atoms with Gasteiger partial charge in [-0.2, -0.15) is 0 Å². The third-order valence-electron chi connectivity index (χ3n) is 3.53. The Bertz CT molecular complexity index is 140. The fourth-order valence-electron chi connectivity index (χ4n) is 2.19. The van der Waals surface area contributed by atoms with Crippen molar-refractivity contribution in [1.29, 1.82) is 0 Å². The standard InChI is InChI=1S/C14H29N/c1-3-4-5-6-7-8-9-10-13-15(2)14-11-12-14/h14H,3-13H2,1-2H3. The van der Waals surface area contributed by atoms with Crippen LogP contribution in [0.3, 0.4) is 0 Å². The minimum Gasteiger partial charge on any atom is -0.303 e. The van der Waals surface area contributed by atoms with Crippen LogP contribution in [0.5, 0.6) is 0 Å². The summed E-state index contributed by atoms with van der Waals surface area (Å²) in [5.41, 5.74) is 0. The van der Waals surface area contributed by atoms with Crippen molar-refractivity contribution in [2.75, 3.05) is 13.6 Å². The van der Waals surface area contributed by atoms with Gasteiger partial charge in [-0.1, -0.05) is 51.9 Å². The summed E-state index contributed by atoms with van der Waals surface area (Å²) in [5.74, 6) is 0. The van der Waals surface area contributed by atoms with E-state index in [2.05, 4.69) is 18.9 Å². The van der Waals surface area contributed by atoms with Gasteiger partial charge in [0.05, 0.1) is 0 Å². The monoisotopic (exact) mass is 211 g/mol. The van der Waals surface area contributed by atoms with Crippen LogP contribution < -0.4 is 0 Å². The molecule has 1 aliphatic carbocycles. The van der Waals surface area contributed by atoms with Gasteiger partial charge in [0.1, 0.15) is 0 Å². The minimum absolute atomic E-state index is 0.953. The van der Waals surface area contributed by atoms with Crippen LogP contribution in [-0.4, -0.2) is 24.5 Å². The lowest BCUT2D eigenvalue weighted by Gasteiger charge is -2.14. The Morgan fingerprint density at radius 2 is 1.40 bits per heavy atom. The molecule has 1 nitrogen and oxygen atoms in total. The smallest absolute Gasteiger partial charge is 0.00933 e. The summed E-state index contributed by atoms with van der Waals surface area (Å²) in [7, 11) is 2.29. The maximum Gasteiger partial charge on any atom is 0.00933 e. The molecule has 0 bridgehead atoms. The first-order valence-electron chi connectivity index (χ1n) is 7.05. The second-order valence-corrected chi connectivity index (χ2v) is 5.19. The molecule has 0 amide bonds. The van der Waals surface area contributed by atoms with Crippen LogP contribution in [0.25, 0.3) is 0 Å². The summed E-state index contributed by atoms with van der Waals surface area (Å²) in [5, 5.41) is 0. The van der Waals surface area contributed by atoms with Crippen LogP contribution in [0.1, 0.15) is 71.1 Å². The van der Waals surface area contributed by atoms with Gasteiger partial charge in [-0.25, -0.2) is 0 Å². The van der Waals surface area contributed by atoms with Gasteiger partial charge < -0.3 is 4.90 Å². The van der Waals surface area contributed by atoms with E-state index in [9.17, 15) is 0 Å². The van der Waals surface area contributed by atoms with Crippen LogP contribution in [0.2, 0.25) is 0 Å². The average molecular weight is 211 g/mol. The van der Waals surface area contributed by atoms with E-state index in [0.29, 0.717) is 0 Å². The molecule has 0 atom stereocenters. The highest BCUT2D eigenvalue weighted by Crippen LogP contribution is 2.25.